The summed E-state index contributed by atoms with van der Waals surface area (Å²) in [6.45, 7) is 9.43. The predicted molar refractivity (Wildman–Crippen MR) is 66.9 cm³/mol. The fourth-order valence-electron chi connectivity index (χ4n) is 2.46. The van der Waals surface area contributed by atoms with Gasteiger partial charge in [-0.2, -0.15) is 0 Å². The highest BCUT2D eigenvalue weighted by molar-refractivity contribution is 4.80. The van der Waals surface area contributed by atoms with Crippen molar-refractivity contribution < 1.29 is 0 Å². The molecule has 2 N–H and O–H groups in total. The molecule has 2 heteroatoms. The normalized spacial score (nSPS) is 28.6. The Bertz CT molecular complexity index is 168. The van der Waals surface area contributed by atoms with Gasteiger partial charge in [0, 0.05) is 12.1 Å². The molecule has 15 heavy (non-hydrogen) atoms. The highest BCUT2D eigenvalue weighted by atomic mass is 15.2. The smallest absolute Gasteiger partial charge is 0.00816 e. The molecule has 2 atom stereocenters. The number of piperidine rings is 1. The van der Waals surface area contributed by atoms with Crippen LogP contribution in [0.4, 0.5) is 0 Å². The molecule has 1 heterocycles. The summed E-state index contributed by atoms with van der Waals surface area (Å²) in [5.74, 6) is 0.859. The van der Waals surface area contributed by atoms with Gasteiger partial charge in [-0.25, -0.2) is 0 Å². The molecule has 1 aliphatic heterocycles. The van der Waals surface area contributed by atoms with Crippen molar-refractivity contribution in [3.63, 3.8) is 0 Å². The Balaban J connectivity index is 2.10. The van der Waals surface area contributed by atoms with E-state index in [1.54, 1.807) is 0 Å². The summed E-state index contributed by atoms with van der Waals surface area (Å²) in [5, 5.41) is 0. The summed E-state index contributed by atoms with van der Waals surface area (Å²) < 4.78 is 0. The van der Waals surface area contributed by atoms with E-state index in [9.17, 15) is 0 Å². The number of rotatable bonds is 5. The van der Waals surface area contributed by atoms with Crippen LogP contribution in [0.1, 0.15) is 52.9 Å². The lowest BCUT2D eigenvalue weighted by Gasteiger charge is -2.36. The van der Waals surface area contributed by atoms with Gasteiger partial charge in [0.1, 0.15) is 0 Å². The first kappa shape index (κ1) is 13.0. The average molecular weight is 212 g/mol. The van der Waals surface area contributed by atoms with Gasteiger partial charge in [-0.1, -0.05) is 26.7 Å². The Morgan fingerprint density at radius 1 is 1.33 bits per heavy atom. The van der Waals surface area contributed by atoms with Crippen LogP contribution in [0, 0.1) is 5.92 Å². The first-order valence-electron chi connectivity index (χ1n) is 6.59. The molecule has 0 bridgehead atoms. The molecule has 0 amide bonds. The second-order valence-corrected chi connectivity index (χ2v) is 5.56. The third-order valence-corrected chi connectivity index (χ3v) is 3.53. The highest BCUT2D eigenvalue weighted by Gasteiger charge is 2.22. The molecule has 1 saturated heterocycles. The maximum atomic E-state index is 5.96. The van der Waals surface area contributed by atoms with Gasteiger partial charge in [-0.3, -0.25) is 0 Å². The lowest BCUT2D eigenvalue weighted by atomic mass is 9.98. The number of nitrogens with zero attached hydrogens (tertiary/aromatic N) is 1. The summed E-state index contributed by atoms with van der Waals surface area (Å²) in [6, 6.07) is 1.15. The van der Waals surface area contributed by atoms with E-state index in [1.807, 2.05) is 0 Å². The Hall–Kier alpha value is -0.0800. The summed E-state index contributed by atoms with van der Waals surface area (Å²) in [7, 11) is 0. The van der Waals surface area contributed by atoms with E-state index in [2.05, 4.69) is 25.7 Å². The predicted octanol–water partition coefficient (Wildman–Crippen LogP) is 2.62. The zero-order valence-electron chi connectivity index (χ0n) is 10.7. The van der Waals surface area contributed by atoms with E-state index in [0.29, 0.717) is 12.1 Å². The van der Waals surface area contributed by atoms with Crippen LogP contribution in [-0.4, -0.2) is 30.1 Å². The fraction of sp³-hybridized carbons (Fsp3) is 1.00. The molecule has 0 spiro atoms. The van der Waals surface area contributed by atoms with Crippen LogP contribution in [0.3, 0.4) is 0 Å². The first-order chi connectivity index (χ1) is 7.09. The highest BCUT2D eigenvalue weighted by Crippen LogP contribution is 2.17. The van der Waals surface area contributed by atoms with Crippen molar-refractivity contribution in [3.8, 4) is 0 Å². The van der Waals surface area contributed by atoms with Gasteiger partial charge in [0.2, 0.25) is 0 Å². The Kier molecular flexibility index (Phi) is 5.62. The molecule has 2 unspecified atom stereocenters. The van der Waals surface area contributed by atoms with Crippen molar-refractivity contribution in [1.29, 1.82) is 0 Å². The maximum absolute atomic E-state index is 5.96. The third kappa shape index (κ3) is 4.98. The standard InChI is InChI=1S/C13H28N2/c1-11(2)6-4-5-8-15-9-7-13(14)10-12(15)3/h11-13H,4-10,14H2,1-3H3. The van der Waals surface area contributed by atoms with Crippen LogP contribution in [0.2, 0.25) is 0 Å². The largest absolute Gasteiger partial charge is 0.328 e. The van der Waals surface area contributed by atoms with Crippen molar-refractivity contribution >= 4 is 0 Å². The molecule has 1 aliphatic rings. The second kappa shape index (κ2) is 6.49. The minimum Gasteiger partial charge on any atom is -0.328 e. The Labute approximate surface area is 95.2 Å². The van der Waals surface area contributed by atoms with Crippen LogP contribution in [0.25, 0.3) is 0 Å². The molecule has 2 nitrogen and oxygen atoms in total. The van der Waals surface area contributed by atoms with Crippen LogP contribution in [-0.2, 0) is 0 Å². The van der Waals surface area contributed by atoms with Crippen LogP contribution < -0.4 is 5.73 Å². The summed E-state index contributed by atoms with van der Waals surface area (Å²) >= 11 is 0. The summed E-state index contributed by atoms with van der Waals surface area (Å²) in [6.07, 6.45) is 6.49. The topological polar surface area (TPSA) is 29.3 Å². The molecule has 0 aromatic rings. The zero-order chi connectivity index (χ0) is 11.3. The van der Waals surface area contributed by atoms with E-state index in [4.69, 9.17) is 5.73 Å². The number of nitrogens with two attached hydrogens (primary N) is 1. The van der Waals surface area contributed by atoms with E-state index in [-0.39, 0.29) is 0 Å². The van der Waals surface area contributed by atoms with Crippen molar-refractivity contribution in [2.24, 2.45) is 11.7 Å². The van der Waals surface area contributed by atoms with Crippen molar-refractivity contribution in [2.75, 3.05) is 13.1 Å². The van der Waals surface area contributed by atoms with Crippen molar-refractivity contribution in [3.05, 3.63) is 0 Å². The van der Waals surface area contributed by atoms with Gasteiger partial charge in [0.15, 0.2) is 0 Å². The van der Waals surface area contributed by atoms with E-state index < -0.39 is 0 Å². The lowest BCUT2D eigenvalue weighted by molar-refractivity contribution is 0.144. The Morgan fingerprint density at radius 3 is 2.67 bits per heavy atom. The molecule has 90 valence electrons. The first-order valence-corrected chi connectivity index (χ1v) is 6.59. The monoisotopic (exact) mass is 212 g/mol. The fourth-order valence-corrected chi connectivity index (χ4v) is 2.46. The molecule has 0 aromatic heterocycles. The van der Waals surface area contributed by atoms with Crippen LogP contribution in [0.15, 0.2) is 0 Å². The van der Waals surface area contributed by atoms with Gasteiger partial charge < -0.3 is 10.6 Å². The minimum absolute atomic E-state index is 0.451. The van der Waals surface area contributed by atoms with Gasteiger partial charge in [-0.15, -0.1) is 0 Å². The van der Waals surface area contributed by atoms with E-state index in [1.165, 1.54) is 45.2 Å². The lowest BCUT2D eigenvalue weighted by Crippen LogP contribution is -2.45. The Morgan fingerprint density at radius 2 is 2.07 bits per heavy atom. The van der Waals surface area contributed by atoms with Crippen LogP contribution >= 0.6 is 0 Å². The van der Waals surface area contributed by atoms with Gasteiger partial charge in [0.05, 0.1) is 0 Å². The molecular formula is C13H28N2. The average Bonchev–Trinajstić information content (AvgIpc) is 2.14. The number of likely N-dealkylation sites (tertiary alicyclic amines) is 1. The van der Waals surface area contributed by atoms with Crippen LogP contribution in [0.5, 0.6) is 0 Å². The number of hydrogen-bond donors (Lipinski definition) is 1. The van der Waals surface area contributed by atoms with Gasteiger partial charge in [-0.05, 0) is 45.2 Å². The molecule has 0 aromatic carbocycles. The van der Waals surface area contributed by atoms with Gasteiger partial charge in [0.25, 0.3) is 0 Å². The van der Waals surface area contributed by atoms with Crippen molar-refractivity contribution in [1.82, 2.24) is 4.90 Å². The van der Waals surface area contributed by atoms with E-state index in [0.717, 1.165) is 5.92 Å². The molecule has 0 saturated carbocycles. The molecule has 1 rings (SSSR count). The molecule has 1 fully saturated rings. The number of hydrogen-bond acceptors (Lipinski definition) is 2. The molecule has 0 radical (unpaired) electrons. The van der Waals surface area contributed by atoms with E-state index >= 15 is 0 Å². The second-order valence-electron chi connectivity index (χ2n) is 5.56. The SMILES string of the molecule is CC(C)CCCCN1CCC(N)CC1C. The number of unbranched alkanes of at least 4 members (excludes halogenated alkanes) is 1. The summed E-state index contributed by atoms with van der Waals surface area (Å²) in [4.78, 5) is 2.61. The zero-order valence-corrected chi connectivity index (χ0v) is 10.7. The summed E-state index contributed by atoms with van der Waals surface area (Å²) in [5.41, 5.74) is 5.96. The third-order valence-electron chi connectivity index (χ3n) is 3.53. The molecule has 0 aliphatic carbocycles. The van der Waals surface area contributed by atoms with Gasteiger partial charge >= 0.3 is 0 Å². The van der Waals surface area contributed by atoms with Crippen molar-refractivity contribution in [2.45, 2.75) is 65.0 Å². The maximum Gasteiger partial charge on any atom is 0.00816 e. The molecular weight excluding hydrogens is 184 g/mol. The quantitative estimate of drug-likeness (QED) is 0.710. The minimum atomic E-state index is 0.451.